The molecule has 2 atom stereocenters. The molecule has 0 aromatic heterocycles. The van der Waals surface area contributed by atoms with Gasteiger partial charge in [-0.1, -0.05) is 20.3 Å². The van der Waals surface area contributed by atoms with Gasteiger partial charge in [0.25, 0.3) is 0 Å². The van der Waals surface area contributed by atoms with E-state index in [4.69, 9.17) is 5.73 Å². The van der Waals surface area contributed by atoms with Crippen molar-refractivity contribution in [2.75, 3.05) is 13.1 Å². The Bertz CT molecular complexity index is 231. The molecule has 1 fully saturated rings. The zero-order valence-corrected chi connectivity index (χ0v) is 11.5. The Balaban J connectivity index is 0.00000225. The molecule has 1 aliphatic rings. The van der Waals surface area contributed by atoms with Crippen LogP contribution in [-0.4, -0.2) is 29.4 Å². The second-order valence-corrected chi connectivity index (χ2v) is 5.17. The van der Waals surface area contributed by atoms with Crippen LogP contribution in [0.25, 0.3) is 0 Å². The summed E-state index contributed by atoms with van der Waals surface area (Å²) >= 11 is 0. The predicted molar refractivity (Wildman–Crippen MR) is 69.7 cm³/mol. The van der Waals surface area contributed by atoms with Crippen LogP contribution < -0.4 is 5.73 Å². The number of hydrogen-bond acceptors (Lipinski definition) is 2. The van der Waals surface area contributed by atoms with Gasteiger partial charge in [0, 0.05) is 13.1 Å². The van der Waals surface area contributed by atoms with Crippen molar-refractivity contribution in [2.45, 2.75) is 52.0 Å². The average Bonchev–Trinajstić information content (AvgIpc) is 2.16. The average molecular weight is 249 g/mol. The first-order valence-electron chi connectivity index (χ1n) is 6.05. The molecule has 2 N–H and O–H groups in total. The zero-order chi connectivity index (χ0) is 11.5. The van der Waals surface area contributed by atoms with Crippen LogP contribution in [0.4, 0.5) is 0 Å². The van der Waals surface area contributed by atoms with Gasteiger partial charge in [0.2, 0.25) is 5.91 Å². The molecule has 1 rings (SSSR count). The lowest BCUT2D eigenvalue weighted by atomic mass is 9.93. The van der Waals surface area contributed by atoms with Crippen LogP contribution in [0.15, 0.2) is 0 Å². The second kappa shape index (κ2) is 6.45. The minimum Gasteiger partial charge on any atom is -0.341 e. The highest BCUT2D eigenvalue weighted by Gasteiger charge is 2.33. The Morgan fingerprint density at radius 1 is 1.56 bits per heavy atom. The molecule has 0 aromatic rings. The van der Waals surface area contributed by atoms with Crippen molar-refractivity contribution in [2.24, 2.45) is 11.7 Å². The molecular formula is C12H25ClN2O. The van der Waals surface area contributed by atoms with E-state index in [1.807, 2.05) is 11.8 Å². The molecule has 0 aromatic carbocycles. The third-order valence-corrected chi connectivity index (χ3v) is 3.20. The molecule has 3 nitrogen and oxygen atoms in total. The van der Waals surface area contributed by atoms with Gasteiger partial charge >= 0.3 is 0 Å². The summed E-state index contributed by atoms with van der Waals surface area (Å²) in [6.45, 7) is 7.90. The molecule has 1 saturated heterocycles. The highest BCUT2D eigenvalue weighted by molar-refractivity contribution is 5.86. The smallest absolute Gasteiger partial charge is 0.242 e. The standard InChI is InChI=1S/C12H24N2O.ClH/c1-4-7-12(3,13)11(15)14-8-5-6-10(2)9-14;/h10H,4-9,13H2,1-3H3;1H. The highest BCUT2D eigenvalue weighted by atomic mass is 35.5. The second-order valence-electron chi connectivity index (χ2n) is 5.17. The lowest BCUT2D eigenvalue weighted by Gasteiger charge is -2.36. The summed E-state index contributed by atoms with van der Waals surface area (Å²) < 4.78 is 0. The topological polar surface area (TPSA) is 46.3 Å². The van der Waals surface area contributed by atoms with E-state index in [9.17, 15) is 4.79 Å². The van der Waals surface area contributed by atoms with Crippen LogP contribution in [0.5, 0.6) is 0 Å². The van der Waals surface area contributed by atoms with E-state index in [0.717, 1.165) is 32.4 Å². The van der Waals surface area contributed by atoms with Gasteiger partial charge in [-0.2, -0.15) is 0 Å². The Morgan fingerprint density at radius 2 is 2.19 bits per heavy atom. The van der Waals surface area contributed by atoms with Gasteiger partial charge in [0.05, 0.1) is 5.54 Å². The summed E-state index contributed by atoms with van der Waals surface area (Å²) in [4.78, 5) is 14.1. The number of carbonyl (C=O) groups excluding carboxylic acids is 1. The molecule has 96 valence electrons. The maximum absolute atomic E-state index is 12.2. The summed E-state index contributed by atoms with van der Waals surface area (Å²) in [5.41, 5.74) is 5.39. The minimum absolute atomic E-state index is 0. The molecule has 1 aliphatic heterocycles. The first kappa shape index (κ1) is 15.7. The van der Waals surface area contributed by atoms with Gasteiger partial charge in [0.15, 0.2) is 0 Å². The lowest BCUT2D eigenvalue weighted by molar-refractivity contribution is -0.138. The number of halogens is 1. The summed E-state index contributed by atoms with van der Waals surface area (Å²) in [5.74, 6) is 0.760. The van der Waals surface area contributed by atoms with Crippen LogP contribution in [0.1, 0.15) is 46.5 Å². The van der Waals surface area contributed by atoms with E-state index in [0.29, 0.717) is 5.92 Å². The van der Waals surface area contributed by atoms with E-state index in [1.54, 1.807) is 0 Å². The summed E-state index contributed by atoms with van der Waals surface area (Å²) in [5, 5.41) is 0. The largest absolute Gasteiger partial charge is 0.341 e. The summed E-state index contributed by atoms with van der Waals surface area (Å²) in [7, 11) is 0. The summed E-state index contributed by atoms with van der Waals surface area (Å²) in [6, 6.07) is 0. The quantitative estimate of drug-likeness (QED) is 0.832. The van der Waals surface area contributed by atoms with Crippen molar-refractivity contribution < 1.29 is 4.79 Å². The van der Waals surface area contributed by atoms with Crippen LogP contribution in [0.3, 0.4) is 0 Å². The van der Waals surface area contributed by atoms with Crippen molar-refractivity contribution in [3.8, 4) is 0 Å². The molecule has 0 bridgehead atoms. The molecular weight excluding hydrogens is 224 g/mol. The van der Waals surface area contributed by atoms with Crippen molar-refractivity contribution >= 4 is 18.3 Å². The fourth-order valence-corrected chi connectivity index (χ4v) is 2.36. The monoisotopic (exact) mass is 248 g/mol. The molecule has 1 amide bonds. The van der Waals surface area contributed by atoms with E-state index in [1.165, 1.54) is 6.42 Å². The molecule has 2 unspecified atom stereocenters. The maximum Gasteiger partial charge on any atom is 0.242 e. The predicted octanol–water partition coefficient (Wildman–Crippen LogP) is 2.18. The van der Waals surface area contributed by atoms with Crippen molar-refractivity contribution in [3.05, 3.63) is 0 Å². The maximum atomic E-state index is 12.2. The van der Waals surface area contributed by atoms with Crippen LogP contribution >= 0.6 is 12.4 Å². The molecule has 0 saturated carbocycles. The van der Waals surface area contributed by atoms with Crippen molar-refractivity contribution in [3.63, 3.8) is 0 Å². The highest BCUT2D eigenvalue weighted by Crippen LogP contribution is 2.20. The molecule has 4 heteroatoms. The van der Waals surface area contributed by atoms with Gasteiger partial charge < -0.3 is 10.6 Å². The Morgan fingerprint density at radius 3 is 2.69 bits per heavy atom. The zero-order valence-electron chi connectivity index (χ0n) is 10.7. The fourth-order valence-electron chi connectivity index (χ4n) is 2.36. The van der Waals surface area contributed by atoms with Crippen molar-refractivity contribution in [1.82, 2.24) is 4.90 Å². The third kappa shape index (κ3) is 3.95. The van der Waals surface area contributed by atoms with E-state index in [-0.39, 0.29) is 18.3 Å². The first-order valence-corrected chi connectivity index (χ1v) is 6.05. The number of nitrogens with two attached hydrogens (primary N) is 1. The van der Waals surface area contributed by atoms with Gasteiger partial charge in [-0.15, -0.1) is 12.4 Å². The minimum atomic E-state index is -0.661. The van der Waals surface area contributed by atoms with Gasteiger partial charge in [-0.05, 0) is 32.1 Å². The van der Waals surface area contributed by atoms with Gasteiger partial charge in [-0.3, -0.25) is 4.79 Å². The number of likely N-dealkylation sites (tertiary alicyclic amines) is 1. The van der Waals surface area contributed by atoms with Crippen LogP contribution in [0.2, 0.25) is 0 Å². The molecule has 0 radical (unpaired) electrons. The SMILES string of the molecule is CCCC(C)(N)C(=O)N1CCCC(C)C1.Cl. The number of amides is 1. The van der Waals surface area contributed by atoms with Gasteiger partial charge in [-0.25, -0.2) is 0 Å². The van der Waals surface area contributed by atoms with Crippen molar-refractivity contribution in [1.29, 1.82) is 0 Å². The van der Waals surface area contributed by atoms with E-state index >= 15 is 0 Å². The number of rotatable bonds is 3. The normalized spacial score (nSPS) is 24.5. The molecule has 16 heavy (non-hydrogen) atoms. The first-order chi connectivity index (χ1) is 6.97. The molecule has 1 heterocycles. The molecule has 0 spiro atoms. The number of piperidine rings is 1. The molecule has 0 aliphatic carbocycles. The Kier molecular flexibility index (Phi) is 6.34. The Labute approximate surface area is 105 Å². The van der Waals surface area contributed by atoms with Crippen LogP contribution in [0, 0.1) is 5.92 Å². The third-order valence-electron chi connectivity index (χ3n) is 3.20. The number of nitrogens with zero attached hydrogens (tertiary/aromatic N) is 1. The lowest BCUT2D eigenvalue weighted by Crippen LogP contribution is -2.55. The van der Waals surface area contributed by atoms with E-state index in [2.05, 4.69) is 13.8 Å². The number of hydrogen-bond donors (Lipinski definition) is 1. The van der Waals surface area contributed by atoms with Crippen LogP contribution in [-0.2, 0) is 4.79 Å². The van der Waals surface area contributed by atoms with Gasteiger partial charge in [0.1, 0.15) is 0 Å². The number of carbonyl (C=O) groups is 1. The summed E-state index contributed by atoms with van der Waals surface area (Å²) in [6.07, 6.45) is 4.09. The Hall–Kier alpha value is -0.280. The fraction of sp³-hybridized carbons (Fsp3) is 0.917. The van der Waals surface area contributed by atoms with E-state index < -0.39 is 5.54 Å².